The third-order valence-electron chi connectivity index (χ3n) is 2.91. The molecule has 0 spiro atoms. The number of hydrogen-bond acceptors (Lipinski definition) is 4. The summed E-state index contributed by atoms with van der Waals surface area (Å²) < 4.78 is 5.32. The van der Waals surface area contributed by atoms with E-state index in [4.69, 9.17) is 9.84 Å². The highest BCUT2D eigenvalue weighted by molar-refractivity contribution is 5.94. The number of carbonyl (C=O) groups excluding carboxylic acids is 1. The van der Waals surface area contributed by atoms with E-state index < -0.39 is 12.0 Å². The topological polar surface area (TPSA) is 87.7 Å². The molecule has 1 unspecified atom stereocenters. The molecule has 0 aliphatic heterocycles. The van der Waals surface area contributed by atoms with E-state index in [0.29, 0.717) is 24.8 Å². The number of carboxylic acid groups (broad SMARTS) is 1. The van der Waals surface area contributed by atoms with Crippen molar-refractivity contribution in [3.8, 4) is 5.75 Å². The molecule has 0 fully saturated rings. The predicted octanol–water partition coefficient (Wildman–Crippen LogP) is 2.11. The summed E-state index contributed by atoms with van der Waals surface area (Å²) in [6.45, 7) is 6.98. The van der Waals surface area contributed by atoms with E-state index in [1.165, 1.54) is 0 Å². The number of ether oxygens (including phenoxy) is 1. The van der Waals surface area contributed by atoms with Crippen molar-refractivity contribution in [1.29, 1.82) is 0 Å². The molecule has 6 nitrogen and oxygen atoms in total. The molecule has 1 aromatic carbocycles. The van der Waals surface area contributed by atoms with E-state index in [1.54, 1.807) is 24.3 Å². The van der Waals surface area contributed by atoms with Crippen molar-refractivity contribution in [2.45, 2.75) is 33.2 Å². The number of amides is 1. The van der Waals surface area contributed by atoms with Crippen LogP contribution in [0, 0.1) is 5.92 Å². The summed E-state index contributed by atoms with van der Waals surface area (Å²) in [5.74, 6) is -0.325. The third kappa shape index (κ3) is 6.58. The Balaban J connectivity index is 2.53. The van der Waals surface area contributed by atoms with Crippen molar-refractivity contribution in [3.63, 3.8) is 0 Å². The first-order chi connectivity index (χ1) is 10.4. The van der Waals surface area contributed by atoms with Gasteiger partial charge in [0.2, 0.25) is 5.91 Å². The molecule has 0 aliphatic rings. The van der Waals surface area contributed by atoms with Gasteiger partial charge < -0.3 is 20.5 Å². The van der Waals surface area contributed by atoms with Gasteiger partial charge >= 0.3 is 5.97 Å². The van der Waals surface area contributed by atoms with Crippen molar-refractivity contribution in [2.24, 2.45) is 5.92 Å². The number of aliphatic carboxylic acids is 1. The van der Waals surface area contributed by atoms with Crippen LogP contribution in [0.4, 0.5) is 5.69 Å². The molecule has 122 valence electrons. The lowest BCUT2D eigenvalue weighted by molar-refractivity contribution is -0.141. The van der Waals surface area contributed by atoms with Crippen LogP contribution in [-0.2, 0) is 9.59 Å². The molecule has 1 rings (SSSR count). The smallest absolute Gasteiger partial charge is 0.321 e. The molecular weight excluding hydrogens is 284 g/mol. The average Bonchev–Trinajstić information content (AvgIpc) is 2.45. The van der Waals surface area contributed by atoms with Gasteiger partial charge in [0.1, 0.15) is 11.8 Å². The zero-order valence-corrected chi connectivity index (χ0v) is 13.3. The van der Waals surface area contributed by atoms with Crippen LogP contribution in [0.25, 0.3) is 0 Å². The van der Waals surface area contributed by atoms with Crippen molar-refractivity contribution < 1.29 is 19.4 Å². The molecule has 0 aromatic heterocycles. The van der Waals surface area contributed by atoms with Gasteiger partial charge in [0.25, 0.3) is 0 Å². The summed E-state index contributed by atoms with van der Waals surface area (Å²) in [6, 6.07) is 6.07. The molecule has 1 atom stereocenters. The first kappa shape index (κ1) is 18.0. The van der Waals surface area contributed by atoms with E-state index in [9.17, 15) is 9.59 Å². The molecule has 22 heavy (non-hydrogen) atoms. The van der Waals surface area contributed by atoms with Crippen LogP contribution in [0.15, 0.2) is 24.3 Å². The van der Waals surface area contributed by atoms with Gasteiger partial charge in [0.05, 0.1) is 13.0 Å². The zero-order chi connectivity index (χ0) is 16.5. The van der Waals surface area contributed by atoms with Crippen molar-refractivity contribution in [1.82, 2.24) is 5.32 Å². The highest BCUT2D eigenvalue weighted by atomic mass is 16.5. The fourth-order valence-corrected chi connectivity index (χ4v) is 1.82. The molecule has 3 N–H and O–H groups in total. The number of anilines is 1. The number of carbonyl (C=O) groups is 2. The maximum absolute atomic E-state index is 11.9. The highest BCUT2D eigenvalue weighted by Gasteiger charge is 2.20. The number of nitrogens with one attached hydrogen (secondary N) is 2. The van der Waals surface area contributed by atoms with Crippen LogP contribution in [-0.4, -0.2) is 36.2 Å². The molecular formula is C16H24N2O4. The van der Waals surface area contributed by atoms with Gasteiger partial charge in [-0.25, -0.2) is 0 Å². The molecule has 0 aliphatic carbocycles. The van der Waals surface area contributed by atoms with Gasteiger partial charge in [0, 0.05) is 5.69 Å². The van der Waals surface area contributed by atoms with Crippen LogP contribution >= 0.6 is 0 Å². The standard InChI is InChI=1S/C16H24N2O4/c1-4-22-13-7-5-12(6-8-13)18-15(19)9-14(16(20)21)17-10-11(2)3/h5-8,11,14,17H,4,9-10H2,1-3H3,(H,18,19)(H,20,21). The molecule has 0 radical (unpaired) electrons. The summed E-state index contributed by atoms with van der Waals surface area (Å²) in [7, 11) is 0. The lowest BCUT2D eigenvalue weighted by atomic mass is 10.1. The van der Waals surface area contributed by atoms with E-state index in [2.05, 4.69) is 10.6 Å². The minimum absolute atomic E-state index is 0.116. The minimum atomic E-state index is -1.03. The summed E-state index contributed by atoms with van der Waals surface area (Å²) in [6.07, 6.45) is -0.116. The average molecular weight is 308 g/mol. The largest absolute Gasteiger partial charge is 0.494 e. The summed E-state index contributed by atoms with van der Waals surface area (Å²) in [4.78, 5) is 23.1. The normalized spacial score (nSPS) is 12.0. The molecule has 0 saturated carbocycles. The van der Waals surface area contributed by atoms with Crippen LogP contribution in [0.1, 0.15) is 27.2 Å². The number of hydrogen-bond donors (Lipinski definition) is 3. The van der Waals surface area contributed by atoms with E-state index in [0.717, 1.165) is 5.75 Å². The summed E-state index contributed by atoms with van der Waals surface area (Å²) >= 11 is 0. The molecule has 0 bridgehead atoms. The second-order valence-corrected chi connectivity index (χ2v) is 5.40. The second kappa shape index (κ2) is 9.04. The van der Waals surface area contributed by atoms with Crippen molar-refractivity contribution >= 4 is 17.6 Å². The monoisotopic (exact) mass is 308 g/mol. The number of carboxylic acids is 1. The van der Waals surface area contributed by atoms with Gasteiger partial charge in [0.15, 0.2) is 0 Å². The van der Waals surface area contributed by atoms with Crippen molar-refractivity contribution in [3.05, 3.63) is 24.3 Å². The first-order valence-electron chi connectivity index (χ1n) is 7.41. The third-order valence-corrected chi connectivity index (χ3v) is 2.91. The Hall–Kier alpha value is -2.08. The first-order valence-corrected chi connectivity index (χ1v) is 7.41. The molecule has 0 heterocycles. The van der Waals surface area contributed by atoms with Crippen LogP contribution in [0.2, 0.25) is 0 Å². The maximum Gasteiger partial charge on any atom is 0.321 e. The minimum Gasteiger partial charge on any atom is -0.494 e. The predicted molar refractivity (Wildman–Crippen MR) is 85.1 cm³/mol. The summed E-state index contributed by atoms with van der Waals surface area (Å²) in [5, 5.41) is 14.7. The Kier molecular flexibility index (Phi) is 7.39. The fourth-order valence-electron chi connectivity index (χ4n) is 1.82. The second-order valence-electron chi connectivity index (χ2n) is 5.40. The van der Waals surface area contributed by atoms with Gasteiger partial charge in [-0.1, -0.05) is 13.8 Å². The van der Waals surface area contributed by atoms with Crippen molar-refractivity contribution in [2.75, 3.05) is 18.5 Å². The zero-order valence-electron chi connectivity index (χ0n) is 13.3. The summed E-state index contributed by atoms with van der Waals surface area (Å²) in [5.41, 5.74) is 0.612. The Morgan fingerprint density at radius 3 is 2.36 bits per heavy atom. The molecule has 1 aromatic rings. The van der Waals surface area contributed by atoms with Crippen LogP contribution in [0.3, 0.4) is 0 Å². The lowest BCUT2D eigenvalue weighted by Crippen LogP contribution is -2.41. The van der Waals surface area contributed by atoms with E-state index in [-0.39, 0.29) is 12.3 Å². The lowest BCUT2D eigenvalue weighted by Gasteiger charge is -2.16. The fraction of sp³-hybridized carbons (Fsp3) is 0.500. The van der Waals surface area contributed by atoms with Gasteiger partial charge in [-0.2, -0.15) is 0 Å². The van der Waals surface area contributed by atoms with E-state index in [1.807, 2.05) is 20.8 Å². The molecule has 1 amide bonds. The molecule has 6 heteroatoms. The van der Waals surface area contributed by atoms with Gasteiger partial charge in [-0.05, 0) is 43.7 Å². The number of rotatable bonds is 9. The SMILES string of the molecule is CCOc1ccc(NC(=O)CC(NCC(C)C)C(=O)O)cc1. The van der Waals surface area contributed by atoms with Crippen LogP contribution < -0.4 is 15.4 Å². The number of benzene rings is 1. The Morgan fingerprint density at radius 2 is 1.86 bits per heavy atom. The van der Waals surface area contributed by atoms with Gasteiger partial charge in [-0.15, -0.1) is 0 Å². The Labute approximate surface area is 130 Å². The Bertz CT molecular complexity index is 485. The van der Waals surface area contributed by atoms with Gasteiger partial charge in [-0.3, -0.25) is 9.59 Å². The molecule has 0 saturated heterocycles. The maximum atomic E-state index is 11.9. The quantitative estimate of drug-likeness (QED) is 0.650. The highest BCUT2D eigenvalue weighted by Crippen LogP contribution is 2.15. The van der Waals surface area contributed by atoms with E-state index >= 15 is 0 Å². The Morgan fingerprint density at radius 1 is 1.23 bits per heavy atom. The van der Waals surface area contributed by atoms with Crippen LogP contribution in [0.5, 0.6) is 5.75 Å².